The zero-order valence-electron chi connectivity index (χ0n) is 12.0. The van der Waals surface area contributed by atoms with Crippen molar-refractivity contribution in [3.05, 3.63) is 35.4 Å². The molecule has 0 N–H and O–H groups in total. The van der Waals surface area contributed by atoms with Crippen LogP contribution in [0.25, 0.3) is 0 Å². The van der Waals surface area contributed by atoms with Crippen LogP contribution in [0.3, 0.4) is 0 Å². The minimum Gasteiger partial charge on any atom is -0.337 e. The molecule has 4 heteroatoms. The van der Waals surface area contributed by atoms with Gasteiger partial charge < -0.3 is 9.80 Å². The molecular weight excluding hydrogens is 260 g/mol. The summed E-state index contributed by atoms with van der Waals surface area (Å²) in [5.41, 5.74) is 1.71. The molecule has 0 aliphatic rings. The van der Waals surface area contributed by atoms with Crippen LogP contribution in [0, 0.1) is 0 Å². The molecule has 0 aliphatic heterocycles. The van der Waals surface area contributed by atoms with Gasteiger partial charge in [-0.2, -0.15) is 0 Å². The van der Waals surface area contributed by atoms with Gasteiger partial charge in [0.15, 0.2) is 0 Å². The summed E-state index contributed by atoms with van der Waals surface area (Å²) >= 11 is 5.82. The molecule has 0 saturated heterocycles. The van der Waals surface area contributed by atoms with Crippen LogP contribution in [-0.2, 0) is 5.88 Å². The molecule has 0 atom stereocenters. The van der Waals surface area contributed by atoms with Gasteiger partial charge in [0.05, 0.1) is 0 Å². The van der Waals surface area contributed by atoms with Gasteiger partial charge in [-0.3, -0.25) is 4.79 Å². The molecule has 0 unspecified atom stereocenters. The van der Waals surface area contributed by atoms with E-state index in [4.69, 9.17) is 11.6 Å². The summed E-state index contributed by atoms with van der Waals surface area (Å²) < 4.78 is 0. The molecule has 1 rings (SSSR count). The molecule has 106 valence electrons. The summed E-state index contributed by atoms with van der Waals surface area (Å²) in [6, 6.07) is 7.57. The molecule has 0 aliphatic carbocycles. The number of benzene rings is 1. The Hall–Kier alpha value is -1.06. The molecule has 0 fully saturated rings. The normalized spacial score (nSPS) is 10.8. The maximum atomic E-state index is 12.5. The van der Waals surface area contributed by atoms with Crippen molar-refractivity contribution in [1.82, 2.24) is 9.80 Å². The Morgan fingerprint density at radius 1 is 1.21 bits per heavy atom. The summed E-state index contributed by atoms with van der Waals surface area (Å²) in [7, 11) is 4.03. The van der Waals surface area contributed by atoms with E-state index < -0.39 is 0 Å². The highest BCUT2D eigenvalue weighted by molar-refractivity contribution is 6.17. The molecule has 19 heavy (non-hydrogen) atoms. The molecule has 0 bridgehead atoms. The summed E-state index contributed by atoms with van der Waals surface area (Å²) in [6.45, 7) is 4.51. The molecule has 0 spiro atoms. The quantitative estimate of drug-likeness (QED) is 0.718. The highest BCUT2D eigenvalue weighted by atomic mass is 35.5. The Bertz CT molecular complexity index is 407. The zero-order valence-corrected chi connectivity index (χ0v) is 12.8. The van der Waals surface area contributed by atoms with Crippen molar-refractivity contribution in [3.63, 3.8) is 0 Å². The third-order valence-corrected chi connectivity index (χ3v) is 3.23. The number of rotatable bonds is 7. The third kappa shape index (κ3) is 5.21. The number of alkyl halides is 1. The summed E-state index contributed by atoms with van der Waals surface area (Å²) in [6.07, 6.45) is 0.967. The summed E-state index contributed by atoms with van der Waals surface area (Å²) in [5, 5.41) is 0. The van der Waals surface area contributed by atoms with Gasteiger partial charge in [-0.15, -0.1) is 11.6 Å². The van der Waals surface area contributed by atoms with Crippen molar-refractivity contribution in [1.29, 1.82) is 0 Å². The number of nitrogens with zero attached hydrogens (tertiary/aromatic N) is 2. The van der Waals surface area contributed by atoms with Crippen LogP contribution in [0.2, 0.25) is 0 Å². The Morgan fingerprint density at radius 3 is 2.53 bits per heavy atom. The van der Waals surface area contributed by atoms with Crippen LogP contribution in [0.1, 0.15) is 29.3 Å². The van der Waals surface area contributed by atoms with Crippen molar-refractivity contribution < 1.29 is 4.79 Å². The smallest absolute Gasteiger partial charge is 0.253 e. The summed E-state index contributed by atoms with van der Waals surface area (Å²) in [5.74, 6) is 0.530. The number of amides is 1. The molecule has 0 aromatic heterocycles. The van der Waals surface area contributed by atoms with Crippen LogP contribution in [0.4, 0.5) is 0 Å². The van der Waals surface area contributed by atoms with Crippen molar-refractivity contribution in [2.45, 2.75) is 19.2 Å². The van der Waals surface area contributed by atoms with Crippen LogP contribution in [0.15, 0.2) is 24.3 Å². The lowest BCUT2D eigenvalue weighted by molar-refractivity contribution is 0.0745. The highest BCUT2D eigenvalue weighted by Gasteiger charge is 2.15. The second kappa shape index (κ2) is 8.18. The van der Waals surface area contributed by atoms with Gasteiger partial charge in [-0.25, -0.2) is 0 Å². The van der Waals surface area contributed by atoms with Crippen LogP contribution in [0.5, 0.6) is 0 Å². The lowest BCUT2D eigenvalue weighted by Gasteiger charge is -2.24. The predicted octanol–water partition coefficient (Wildman–Crippen LogP) is 2.84. The molecular formula is C15H23ClN2O. The van der Waals surface area contributed by atoms with Gasteiger partial charge in [0.1, 0.15) is 0 Å². The van der Waals surface area contributed by atoms with E-state index in [2.05, 4.69) is 11.8 Å². The topological polar surface area (TPSA) is 23.6 Å². The van der Waals surface area contributed by atoms with Gasteiger partial charge in [0, 0.05) is 31.1 Å². The van der Waals surface area contributed by atoms with E-state index in [1.165, 1.54) is 0 Å². The van der Waals surface area contributed by atoms with Crippen LogP contribution < -0.4 is 0 Å². The second-order valence-corrected chi connectivity index (χ2v) is 5.20. The number of halogens is 1. The average molecular weight is 283 g/mol. The van der Waals surface area contributed by atoms with E-state index in [0.717, 1.165) is 37.2 Å². The first kappa shape index (κ1) is 16.0. The number of likely N-dealkylation sites (N-methyl/N-ethyl adjacent to an activating group) is 1. The van der Waals surface area contributed by atoms with E-state index in [-0.39, 0.29) is 5.91 Å². The lowest BCUT2D eigenvalue weighted by atomic mass is 10.1. The van der Waals surface area contributed by atoms with Gasteiger partial charge in [0.2, 0.25) is 0 Å². The number of hydrogen-bond donors (Lipinski definition) is 0. The van der Waals surface area contributed by atoms with Crippen LogP contribution in [-0.4, -0.2) is 49.4 Å². The second-order valence-electron chi connectivity index (χ2n) is 4.93. The SMILES string of the molecule is CCCN(CCN(C)C)C(=O)c1cccc(CCl)c1. The van der Waals surface area contributed by atoms with Crippen molar-refractivity contribution in [2.24, 2.45) is 0 Å². The fourth-order valence-electron chi connectivity index (χ4n) is 1.88. The number of hydrogen-bond acceptors (Lipinski definition) is 2. The molecule has 0 radical (unpaired) electrons. The zero-order chi connectivity index (χ0) is 14.3. The van der Waals surface area contributed by atoms with Gasteiger partial charge >= 0.3 is 0 Å². The van der Waals surface area contributed by atoms with Gasteiger partial charge in [-0.05, 0) is 38.2 Å². The predicted molar refractivity (Wildman–Crippen MR) is 80.7 cm³/mol. The minimum atomic E-state index is 0.0932. The Morgan fingerprint density at radius 2 is 1.95 bits per heavy atom. The first-order valence-electron chi connectivity index (χ1n) is 6.67. The Kier molecular flexibility index (Phi) is 6.89. The minimum absolute atomic E-state index is 0.0932. The number of carbonyl (C=O) groups is 1. The summed E-state index contributed by atoms with van der Waals surface area (Å²) in [4.78, 5) is 16.5. The van der Waals surface area contributed by atoms with E-state index in [9.17, 15) is 4.79 Å². The first-order valence-corrected chi connectivity index (χ1v) is 7.20. The monoisotopic (exact) mass is 282 g/mol. The average Bonchev–Trinajstić information content (AvgIpc) is 2.42. The molecule has 0 heterocycles. The fourth-order valence-corrected chi connectivity index (χ4v) is 2.04. The van der Waals surface area contributed by atoms with Gasteiger partial charge in [0.25, 0.3) is 5.91 Å². The van der Waals surface area contributed by atoms with E-state index in [0.29, 0.717) is 5.88 Å². The van der Waals surface area contributed by atoms with Gasteiger partial charge in [-0.1, -0.05) is 19.1 Å². The molecule has 1 amide bonds. The Balaban J connectivity index is 2.79. The van der Waals surface area contributed by atoms with E-state index in [1.807, 2.05) is 43.3 Å². The molecule has 1 aromatic rings. The first-order chi connectivity index (χ1) is 9.08. The maximum absolute atomic E-state index is 12.5. The van der Waals surface area contributed by atoms with Crippen molar-refractivity contribution in [3.8, 4) is 0 Å². The van der Waals surface area contributed by atoms with Crippen molar-refractivity contribution >= 4 is 17.5 Å². The standard InChI is InChI=1S/C15H23ClN2O/c1-4-8-18(10-9-17(2)3)15(19)14-7-5-6-13(11-14)12-16/h5-7,11H,4,8-10,12H2,1-3H3. The maximum Gasteiger partial charge on any atom is 0.253 e. The molecule has 3 nitrogen and oxygen atoms in total. The Labute approximate surface area is 121 Å². The molecule has 0 saturated carbocycles. The fraction of sp³-hybridized carbons (Fsp3) is 0.533. The van der Waals surface area contributed by atoms with E-state index >= 15 is 0 Å². The van der Waals surface area contributed by atoms with Crippen LogP contribution >= 0.6 is 11.6 Å². The van der Waals surface area contributed by atoms with E-state index in [1.54, 1.807) is 0 Å². The third-order valence-electron chi connectivity index (χ3n) is 2.93. The lowest BCUT2D eigenvalue weighted by Crippen LogP contribution is -2.37. The largest absolute Gasteiger partial charge is 0.337 e. The highest BCUT2D eigenvalue weighted by Crippen LogP contribution is 2.11. The number of carbonyl (C=O) groups excluding carboxylic acids is 1. The van der Waals surface area contributed by atoms with Crippen molar-refractivity contribution in [2.75, 3.05) is 33.7 Å². The molecule has 1 aromatic carbocycles.